The molecule has 3 aromatic heterocycles. The van der Waals surface area contributed by atoms with E-state index in [9.17, 15) is 19.5 Å². The van der Waals surface area contributed by atoms with Gasteiger partial charge in [-0.05, 0) is 45.4 Å². The van der Waals surface area contributed by atoms with Crippen molar-refractivity contribution in [3.8, 4) is 0 Å². The molecule has 1 aliphatic heterocycles. The molecule has 31 heavy (non-hydrogen) atoms. The van der Waals surface area contributed by atoms with Crippen molar-refractivity contribution < 1.29 is 28.4 Å². The lowest BCUT2D eigenvalue weighted by Crippen LogP contribution is -2.29. The molecule has 1 aliphatic rings. The van der Waals surface area contributed by atoms with E-state index in [1.54, 1.807) is 39.8 Å². The van der Waals surface area contributed by atoms with Crippen LogP contribution in [0.5, 0.6) is 0 Å². The van der Waals surface area contributed by atoms with E-state index in [-0.39, 0.29) is 28.4 Å². The maximum Gasteiger partial charge on any atom is 0.301 e. The second-order valence-corrected chi connectivity index (χ2v) is 7.40. The lowest BCUT2D eigenvalue weighted by molar-refractivity contribution is -0.132. The normalized spacial score (nSPS) is 18.2. The molecule has 0 aliphatic carbocycles. The molecule has 0 saturated carbocycles. The molecule has 10 nitrogen and oxygen atoms in total. The Morgan fingerprint density at radius 1 is 1.19 bits per heavy atom. The average Bonchev–Trinajstić information content (AvgIpc) is 3.43. The number of primary amides is 1. The van der Waals surface area contributed by atoms with E-state index in [0.29, 0.717) is 22.8 Å². The van der Waals surface area contributed by atoms with Crippen LogP contribution in [-0.4, -0.2) is 32.8 Å². The van der Waals surface area contributed by atoms with Crippen LogP contribution >= 0.6 is 0 Å². The molecular weight excluding hydrogens is 404 g/mol. The molecular formula is C21H20N4O6. The molecule has 0 spiro atoms. The van der Waals surface area contributed by atoms with Crippen LogP contribution in [0.3, 0.4) is 0 Å². The van der Waals surface area contributed by atoms with Crippen LogP contribution in [0, 0.1) is 27.7 Å². The number of aromatic nitrogens is 2. The van der Waals surface area contributed by atoms with E-state index in [1.807, 2.05) is 0 Å². The van der Waals surface area contributed by atoms with Gasteiger partial charge in [0.05, 0.1) is 5.57 Å². The third-order valence-electron chi connectivity index (χ3n) is 5.26. The molecule has 0 bridgehead atoms. The third-order valence-corrected chi connectivity index (χ3v) is 5.26. The number of carbonyl (C=O) groups is 3. The number of rotatable bonds is 4. The summed E-state index contributed by atoms with van der Waals surface area (Å²) in [6.07, 6.45) is 0. The number of aromatic amines is 1. The van der Waals surface area contributed by atoms with Crippen LogP contribution in [0.1, 0.15) is 50.6 Å². The Balaban J connectivity index is 1.98. The number of carbonyl (C=O) groups excluding carboxylic acids is 3. The zero-order valence-corrected chi connectivity index (χ0v) is 17.3. The Hall–Kier alpha value is -4.08. The van der Waals surface area contributed by atoms with Crippen LogP contribution < -0.4 is 10.6 Å². The number of hydrogen-bond acceptors (Lipinski definition) is 7. The molecule has 1 atom stereocenters. The molecule has 4 heterocycles. The number of aliphatic hydroxyl groups excluding tert-OH is 1. The first-order chi connectivity index (χ1) is 14.6. The fraction of sp³-hybridized carbons (Fsp3) is 0.238. The topological polar surface area (TPSA) is 156 Å². The molecule has 0 aromatic carbocycles. The van der Waals surface area contributed by atoms with Gasteiger partial charge in [-0.1, -0.05) is 5.16 Å². The Labute approximate surface area is 176 Å². The molecule has 2 amide bonds. The highest BCUT2D eigenvalue weighted by Gasteiger charge is 2.50. The minimum Gasteiger partial charge on any atom is -0.507 e. The molecule has 10 heteroatoms. The van der Waals surface area contributed by atoms with E-state index in [4.69, 9.17) is 14.7 Å². The molecule has 1 unspecified atom stereocenters. The van der Waals surface area contributed by atoms with Gasteiger partial charge in [0.2, 0.25) is 0 Å². The van der Waals surface area contributed by atoms with Crippen molar-refractivity contribution in [2.24, 2.45) is 5.73 Å². The second kappa shape index (κ2) is 7.01. The number of nitrogens with one attached hydrogen (secondary N) is 1. The van der Waals surface area contributed by atoms with Crippen molar-refractivity contribution in [2.75, 3.05) is 4.90 Å². The summed E-state index contributed by atoms with van der Waals surface area (Å²) in [4.78, 5) is 41.7. The predicted octanol–water partition coefficient (Wildman–Crippen LogP) is 2.55. The van der Waals surface area contributed by atoms with Gasteiger partial charge in [0.15, 0.2) is 5.82 Å². The van der Waals surface area contributed by atoms with Crippen molar-refractivity contribution in [1.82, 2.24) is 10.1 Å². The van der Waals surface area contributed by atoms with Crippen molar-refractivity contribution in [2.45, 2.75) is 33.7 Å². The number of Topliss-reactive ketones (excluding diaryl/α,β-unsaturated/α-hetero) is 1. The number of hydrogen-bond donors (Lipinski definition) is 3. The second-order valence-electron chi connectivity index (χ2n) is 7.40. The SMILES string of the molecule is Cc1cc(N2C(=O)C(=O)/C(=C(/O)c3c(C)[nH]c(C(N)=O)c3C)C2c2ccc(C)o2)no1. The quantitative estimate of drug-likeness (QED) is 0.330. The van der Waals surface area contributed by atoms with E-state index < -0.39 is 29.4 Å². The van der Waals surface area contributed by atoms with Crippen LogP contribution in [0.15, 0.2) is 32.7 Å². The molecule has 4 rings (SSSR count). The highest BCUT2D eigenvalue weighted by Crippen LogP contribution is 2.43. The van der Waals surface area contributed by atoms with E-state index >= 15 is 0 Å². The summed E-state index contributed by atoms with van der Waals surface area (Å²) < 4.78 is 10.8. The average molecular weight is 424 g/mol. The van der Waals surface area contributed by atoms with Gasteiger partial charge in [-0.3, -0.25) is 19.3 Å². The van der Waals surface area contributed by atoms with Gasteiger partial charge in [-0.15, -0.1) is 0 Å². The minimum atomic E-state index is -1.08. The fourth-order valence-electron chi connectivity index (χ4n) is 3.89. The number of nitrogens with two attached hydrogens (primary N) is 1. The van der Waals surface area contributed by atoms with Gasteiger partial charge in [0, 0.05) is 17.3 Å². The largest absolute Gasteiger partial charge is 0.507 e. The van der Waals surface area contributed by atoms with Gasteiger partial charge in [-0.25, -0.2) is 0 Å². The summed E-state index contributed by atoms with van der Waals surface area (Å²) >= 11 is 0. The summed E-state index contributed by atoms with van der Waals surface area (Å²) in [6, 6.07) is 3.72. The minimum absolute atomic E-state index is 0.103. The number of amides is 2. The third kappa shape index (κ3) is 3.03. The number of anilines is 1. The fourth-order valence-corrected chi connectivity index (χ4v) is 3.89. The summed E-state index contributed by atoms with van der Waals surface area (Å²) in [5.74, 6) is -1.60. The molecule has 1 fully saturated rings. The highest BCUT2D eigenvalue weighted by atomic mass is 16.5. The number of nitrogens with zero attached hydrogens (tertiary/aromatic N) is 2. The van der Waals surface area contributed by atoms with Crippen molar-refractivity contribution in [3.63, 3.8) is 0 Å². The summed E-state index contributed by atoms with van der Waals surface area (Å²) in [7, 11) is 0. The standard InChI is InChI=1S/C21H20N4O6/c1-8-5-6-12(30-8)17-15(18(26)14-10(3)16(20(22)28)23-11(14)4)19(27)21(29)25(17)13-7-9(2)31-24-13/h5-7,17,23,26H,1-4H3,(H2,22,28)/b18-15+. The van der Waals surface area contributed by atoms with E-state index in [2.05, 4.69) is 10.1 Å². The molecule has 160 valence electrons. The first-order valence-electron chi connectivity index (χ1n) is 9.41. The summed E-state index contributed by atoms with van der Waals surface area (Å²) in [5, 5.41) is 15.1. The van der Waals surface area contributed by atoms with Crippen LogP contribution in [-0.2, 0) is 9.59 Å². The highest BCUT2D eigenvalue weighted by molar-refractivity contribution is 6.51. The Morgan fingerprint density at radius 3 is 2.42 bits per heavy atom. The zero-order valence-electron chi connectivity index (χ0n) is 17.3. The zero-order chi connectivity index (χ0) is 22.6. The van der Waals surface area contributed by atoms with Gasteiger partial charge in [-0.2, -0.15) is 0 Å². The number of furan rings is 1. The lowest BCUT2D eigenvalue weighted by atomic mass is 9.97. The molecule has 1 saturated heterocycles. The number of aryl methyl sites for hydroxylation is 3. The Bertz CT molecular complexity index is 1270. The van der Waals surface area contributed by atoms with Crippen LogP contribution in [0.25, 0.3) is 5.76 Å². The Morgan fingerprint density at radius 2 is 1.90 bits per heavy atom. The molecule has 4 N–H and O–H groups in total. The van der Waals surface area contributed by atoms with E-state index in [0.717, 1.165) is 4.90 Å². The van der Waals surface area contributed by atoms with Gasteiger partial charge in [0.1, 0.15) is 34.8 Å². The van der Waals surface area contributed by atoms with Gasteiger partial charge >= 0.3 is 5.91 Å². The monoisotopic (exact) mass is 424 g/mol. The van der Waals surface area contributed by atoms with Crippen molar-refractivity contribution in [1.29, 1.82) is 0 Å². The number of ketones is 1. The maximum atomic E-state index is 13.1. The van der Waals surface area contributed by atoms with Crippen LogP contribution in [0.2, 0.25) is 0 Å². The number of H-pyrrole nitrogens is 1. The van der Waals surface area contributed by atoms with Crippen LogP contribution in [0.4, 0.5) is 5.82 Å². The summed E-state index contributed by atoms with van der Waals surface area (Å²) in [5.41, 5.74) is 6.30. The van der Waals surface area contributed by atoms with Gasteiger partial charge < -0.3 is 24.8 Å². The first-order valence-corrected chi connectivity index (χ1v) is 9.41. The molecule has 0 radical (unpaired) electrons. The van der Waals surface area contributed by atoms with Gasteiger partial charge in [0.25, 0.3) is 11.7 Å². The van der Waals surface area contributed by atoms with Crippen molar-refractivity contribution >= 4 is 29.2 Å². The maximum absolute atomic E-state index is 13.1. The molecule has 3 aromatic rings. The number of aliphatic hydroxyl groups is 1. The predicted molar refractivity (Wildman–Crippen MR) is 108 cm³/mol. The summed E-state index contributed by atoms with van der Waals surface area (Å²) in [6.45, 7) is 6.58. The smallest absolute Gasteiger partial charge is 0.301 e. The Kier molecular flexibility index (Phi) is 4.57. The van der Waals surface area contributed by atoms with E-state index in [1.165, 1.54) is 6.07 Å². The lowest BCUT2D eigenvalue weighted by Gasteiger charge is -2.20. The first kappa shape index (κ1) is 20.2. The van der Waals surface area contributed by atoms with Crippen molar-refractivity contribution in [3.05, 3.63) is 63.6 Å².